The van der Waals surface area contributed by atoms with Gasteiger partial charge in [-0.2, -0.15) is 13.2 Å². The third-order valence-corrected chi connectivity index (χ3v) is 7.98. The van der Waals surface area contributed by atoms with Crippen molar-refractivity contribution in [3.63, 3.8) is 0 Å². The van der Waals surface area contributed by atoms with Crippen LogP contribution in [0.1, 0.15) is 18.4 Å². The molecular formula is C20H18BrF3N2O4S. The van der Waals surface area contributed by atoms with Crippen LogP contribution in [0.5, 0.6) is 0 Å². The van der Waals surface area contributed by atoms with Crippen LogP contribution in [0, 0.1) is 5.92 Å². The van der Waals surface area contributed by atoms with Crippen LogP contribution in [0.3, 0.4) is 0 Å². The molecule has 0 spiro atoms. The molecule has 1 saturated heterocycles. The Morgan fingerprint density at radius 1 is 1.13 bits per heavy atom. The molecule has 2 unspecified atom stereocenters. The van der Waals surface area contributed by atoms with E-state index in [9.17, 15) is 31.5 Å². The lowest BCUT2D eigenvalue weighted by Crippen LogP contribution is -2.55. The van der Waals surface area contributed by atoms with Gasteiger partial charge in [0.05, 0.1) is 34.3 Å². The summed E-state index contributed by atoms with van der Waals surface area (Å²) in [5.41, 5.74) is -0.0964. The molecule has 2 aromatic carbocycles. The van der Waals surface area contributed by atoms with Crippen molar-refractivity contribution in [3.05, 3.63) is 52.5 Å². The van der Waals surface area contributed by atoms with E-state index >= 15 is 0 Å². The Labute approximate surface area is 185 Å². The first kappa shape index (κ1) is 21.9. The Balaban J connectivity index is 1.80. The van der Waals surface area contributed by atoms with Gasteiger partial charge in [0.25, 0.3) is 10.0 Å². The van der Waals surface area contributed by atoms with Gasteiger partial charge < -0.3 is 10.0 Å². The zero-order chi connectivity index (χ0) is 22.6. The van der Waals surface area contributed by atoms with Crippen LogP contribution in [0.2, 0.25) is 0 Å². The first-order valence-corrected chi connectivity index (χ1v) is 11.7. The van der Waals surface area contributed by atoms with Crippen LogP contribution in [0.4, 0.5) is 24.5 Å². The largest absolute Gasteiger partial charge is 0.481 e. The zero-order valence-electron chi connectivity index (χ0n) is 16.0. The van der Waals surface area contributed by atoms with Crippen LogP contribution in [0.15, 0.2) is 51.8 Å². The molecule has 6 nitrogen and oxygen atoms in total. The number of benzene rings is 2. The van der Waals surface area contributed by atoms with Gasteiger partial charge in [-0.25, -0.2) is 8.42 Å². The summed E-state index contributed by atoms with van der Waals surface area (Å²) in [6, 6.07) is 8.34. The number of carboxylic acids is 1. The Morgan fingerprint density at radius 2 is 1.87 bits per heavy atom. The summed E-state index contributed by atoms with van der Waals surface area (Å²) in [6.45, 7) is 0.402. The van der Waals surface area contributed by atoms with Crippen molar-refractivity contribution < 1.29 is 31.5 Å². The second kappa shape index (κ2) is 7.70. The van der Waals surface area contributed by atoms with Crippen LogP contribution in [0.25, 0.3) is 0 Å². The predicted octanol–water partition coefficient (Wildman–Crippen LogP) is 4.35. The number of hydrogen-bond acceptors (Lipinski definition) is 4. The number of halogens is 4. The van der Waals surface area contributed by atoms with Crippen molar-refractivity contribution in [2.75, 3.05) is 22.3 Å². The molecule has 1 N–H and O–H groups in total. The normalized spacial score (nSPS) is 21.4. The van der Waals surface area contributed by atoms with Crippen molar-refractivity contribution in [3.8, 4) is 0 Å². The standard InChI is InChI=1S/C20H18BrF3N2O4S/c21-14-4-5-17-18(10-14)26(11-15-8-12(19(27)28)6-7-25(15)17)31(29,30)16-3-1-2-13(9-16)20(22,23)24/h1-5,9-10,12,15H,6-8,11H2,(H,27,28). The van der Waals surface area contributed by atoms with Crippen LogP contribution in [-0.2, 0) is 21.0 Å². The molecule has 0 radical (unpaired) electrons. The second-order valence-electron chi connectivity index (χ2n) is 7.60. The fourth-order valence-electron chi connectivity index (χ4n) is 4.18. The zero-order valence-corrected chi connectivity index (χ0v) is 18.4. The van der Waals surface area contributed by atoms with Crippen LogP contribution in [-0.4, -0.2) is 38.6 Å². The van der Waals surface area contributed by atoms with Crippen molar-refractivity contribution in [2.45, 2.75) is 30.0 Å². The number of carbonyl (C=O) groups is 1. The quantitative estimate of drug-likeness (QED) is 0.653. The maximum absolute atomic E-state index is 13.4. The first-order chi connectivity index (χ1) is 14.5. The molecule has 0 aliphatic carbocycles. The van der Waals surface area contributed by atoms with Crippen molar-refractivity contribution in [1.82, 2.24) is 0 Å². The number of anilines is 2. The average Bonchev–Trinajstić information content (AvgIpc) is 2.71. The molecule has 2 aromatic rings. The number of fused-ring (bicyclic) bond motifs is 3. The molecule has 2 atom stereocenters. The summed E-state index contributed by atoms with van der Waals surface area (Å²) < 4.78 is 68.0. The molecule has 0 amide bonds. The van der Waals surface area contributed by atoms with Gasteiger partial charge in [0.2, 0.25) is 0 Å². The van der Waals surface area contributed by atoms with Gasteiger partial charge in [0.1, 0.15) is 0 Å². The maximum atomic E-state index is 13.4. The lowest BCUT2D eigenvalue weighted by molar-refractivity contribution is -0.142. The summed E-state index contributed by atoms with van der Waals surface area (Å²) in [7, 11) is -4.32. The van der Waals surface area contributed by atoms with E-state index in [0.717, 1.165) is 22.5 Å². The molecule has 11 heteroatoms. The highest BCUT2D eigenvalue weighted by molar-refractivity contribution is 9.10. The number of piperidine rings is 1. The van der Waals surface area contributed by atoms with Gasteiger partial charge >= 0.3 is 12.1 Å². The lowest BCUT2D eigenvalue weighted by Gasteiger charge is -2.47. The van der Waals surface area contributed by atoms with Crippen molar-refractivity contribution >= 4 is 43.3 Å². The topological polar surface area (TPSA) is 77.9 Å². The molecule has 4 rings (SSSR count). The summed E-state index contributed by atoms with van der Waals surface area (Å²) in [5, 5.41) is 9.41. The molecule has 0 bridgehead atoms. The van der Waals surface area contributed by atoms with E-state index in [4.69, 9.17) is 0 Å². The third kappa shape index (κ3) is 4.00. The number of rotatable bonds is 3. The molecule has 2 aliphatic rings. The monoisotopic (exact) mass is 518 g/mol. The van der Waals surface area contributed by atoms with Crippen LogP contribution < -0.4 is 9.21 Å². The van der Waals surface area contributed by atoms with Gasteiger partial charge in [-0.1, -0.05) is 22.0 Å². The lowest BCUT2D eigenvalue weighted by atomic mass is 9.89. The molecule has 1 fully saturated rings. The minimum Gasteiger partial charge on any atom is -0.481 e. The van der Waals surface area contributed by atoms with E-state index in [1.165, 1.54) is 0 Å². The minimum absolute atomic E-state index is 0.0498. The number of hydrogen-bond donors (Lipinski definition) is 1. The number of sulfonamides is 1. The highest BCUT2D eigenvalue weighted by Crippen LogP contribution is 2.43. The van der Waals surface area contributed by atoms with Crippen LogP contribution >= 0.6 is 15.9 Å². The fourth-order valence-corrected chi connectivity index (χ4v) is 6.09. The summed E-state index contributed by atoms with van der Waals surface area (Å²) in [5.74, 6) is -1.54. The first-order valence-electron chi connectivity index (χ1n) is 9.47. The Hall–Kier alpha value is -2.27. The van der Waals surface area contributed by atoms with Gasteiger partial charge in [-0.3, -0.25) is 9.10 Å². The Bertz CT molecular complexity index is 1140. The van der Waals surface area contributed by atoms with Gasteiger partial charge in [0, 0.05) is 17.1 Å². The van der Waals surface area contributed by atoms with Gasteiger partial charge in [-0.05, 0) is 49.2 Å². The van der Waals surface area contributed by atoms with Gasteiger partial charge in [-0.15, -0.1) is 0 Å². The highest BCUT2D eigenvalue weighted by Gasteiger charge is 2.42. The third-order valence-electron chi connectivity index (χ3n) is 5.71. The van der Waals surface area contributed by atoms with E-state index in [1.54, 1.807) is 18.2 Å². The fraction of sp³-hybridized carbons (Fsp3) is 0.350. The number of alkyl halides is 3. The van der Waals surface area contributed by atoms with Crippen molar-refractivity contribution in [1.29, 1.82) is 0 Å². The summed E-state index contributed by atoms with van der Waals surface area (Å²) in [4.78, 5) is 13.0. The summed E-state index contributed by atoms with van der Waals surface area (Å²) in [6.07, 6.45) is -4.00. The van der Waals surface area contributed by atoms with Crippen molar-refractivity contribution in [2.24, 2.45) is 5.92 Å². The van der Waals surface area contributed by atoms with E-state index in [-0.39, 0.29) is 13.0 Å². The number of aliphatic carboxylic acids is 1. The Morgan fingerprint density at radius 3 is 2.55 bits per heavy atom. The minimum atomic E-state index is -4.68. The Kier molecular flexibility index (Phi) is 5.45. The van der Waals surface area contributed by atoms with E-state index in [2.05, 4.69) is 15.9 Å². The molecule has 2 heterocycles. The number of carboxylic acid groups (broad SMARTS) is 1. The maximum Gasteiger partial charge on any atom is 0.416 e. The molecule has 2 aliphatic heterocycles. The van der Waals surface area contributed by atoms with E-state index in [1.807, 2.05) is 4.90 Å². The predicted molar refractivity (Wildman–Crippen MR) is 112 cm³/mol. The molecule has 0 saturated carbocycles. The SMILES string of the molecule is O=C(O)C1CCN2c3ccc(Br)cc3N(S(=O)(=O)c3cccc(C(F)(F)F)c3)CC2C1. The highest BCUT2D eigenvalue weighted by atomic mass is 79.9. The second-order valence-corrected chi connectivity index (χ2v) is 10.4. The molecular weight excluding hydrogens is 501 g/mol. The number of nitrogens with zero attached hydrogens (tertiary/aromatic N) is 2. The molecule has 166 valence electrons. The van der Waals surface area contributed by atoms with Gasteiger partial charge in [0.15, 0.2) is 0 Å². The molecule has 31 heavy (non-hydrogen) atoms. The average molecular weight is 519 g/mol. The summed E-state index contributed by atoms with van der Waals surface area (Å²) >= 11 is 3.33. The van der Waals surface area contributed by atoms with E-state index in [0.29, 0.717) is 34.9 Å². The van der Waals surface area contributed by atoms with E-state index < -0.39 is 44.6 Å². The molecule has 0 aromatic heterocycles. The smallest absolute Gasteiger partial charge is 0.416 e.